The van der Waals surface area contributed by atoms with E-state index in [1.807, 2.05) is 36.4 Å². The quantitative estimate of drug-likeness (QED) is 0.224. The second kappa shape index (κ2) is 12.9. The minimum atomic E-state index is 0.0514. The smallest absolute Gasteiger partial charge is 0.169 e. The Balaban J connectivity index is 1.29. The molecule has 8 nitrogen and oxygen atoms in total. The molecule has 4 aromatic rings. The number of rotatable bonds is 9. The van der Waals surface area contributed by atoms with Crippen molar-refractivity contribution in [3.05, 3.63) is 100 Å². The van der Waals surface area contributed by atoms with Crippen molar-refractivity contribution < 1.29 is 29.2 Å². The minimum absolute atomic E-state index is 0.0514. The van der Waals surface area contributed by atoms with Gasteiger partial charge in [-0.15, -0.1) is 0 Å². The van der Waals surface area contributed by atoms with Crippen LogP contribution in [0.15, 0.2) is 66.7 Å². The van der Waals surface area contributed by atoms with Gasteiger partial charge in [-0.2, -0.15) is 0 Å². The third-order valence-electron chi connectivity index (χ3n) is 9.38. The molecule has 2 aliphatic rings. The molecule has 2 aliphatic heterocycles. The van der Waals surface area contributed by atoms with Gasteiger partial charge in [-0.3, -0.25) is 9.80 Å². The minimum Gasteiger partial charge on any atom is -0.504 e. The molecule has 2 atom stereocenters. The molecule has 0 saturated carbocycles. The van der Waals surface area contributed by atoms with Crippen LogP contribution in [0.5, 0.6) is 40.2 Å². The summed E-state index contributed by atoms with van der Waals surface area (Å²) in [6, 6.07) is 21.9. The summed E-state index contributed by atoms with van der Waals surface area (Å²) >= 11 is 0. The Morgan fingerprint density at radius 2 is 1.18 bits per heavy atom. The summed E-state index contributed by atoms with van der Waals surface area (Å²) in [5.74, 6) is 3.11. The Morgan fingerprint density at radius 1 is 0.600 bits per heavy atom. The molecular weight excluding hydrogens is 568 g/mol. The van der Waals surface area contributed by atoms with Crippen molar-refractivity contribution in [1.82, 2.24) is 9.80 Å². The van der Waals surface area contributed by atoms with E-state index in [-0.39, 0.29) is 23.6 Å². The number of benzene rings is 4. The van der Waals surface area contributed by atoms with Crippen LogP contribution in [0.4, 0.5) is 0 Å². The largest absolute Gasteiger partial charge is 0.504 e. The van der Waals surface area contributed by atoms with Gasteiger partial charge in [0.1, 0.15) is 5.75 Å². The molecule has 236 valence electrons. The van der Waals surface area contributed by atoms with Crippen molar-refractivity contribution in [2.24, 2.45) is 0 Å². The highest BCUT2D eigenvalue weighted by atomic mass is 16.5. The van der Waals surface area contributed by atoms with Crippen molar-refractivity contribution in [1.29, 1.82) is 0 Å². The van der Waals surface area contributed by atoms with E-state index in [9.17, 15) is 10.2 Å². The first-order chi connectivity index (χ1) is 21.8. The summed E-state index contributed by atoms with van der Waals surface area (Å²) in [5.41, 5.74) is 6.94. The van der Waals surface area contributed by atoms with Crippen LogP contribution in [0.2, 0.25) is 0 Å². The predicted molar refractivity (Wildman–Crippen MR) is 174 cm³/mol. The lowest BCUT2D eigenvalue weighted by atomic mass is 9.88. The number of methoxy groups -OCH3 is 3. The Labute approximate surface area is 265 Å². The summed E-state index contributed by atoms with van der Waals surface area (Å²) in [6.07, 6.45) is 3.33. The van der Waals surface area contributed by atoms with Crippen LogP contribution in [0.25, 0.3) is 0 Å². The molecule has 0 fully saturated rings. The van der Waals surface area contributed by atoms with Gasteiger partial charge in [0, 0.05) is 25.2 Å². The zero-order valence-electron chi connectivity index (χ0n) is 26.7. The number of hydrogen-bond donors (Lipinski definition) is 2. The topological polar surface area (TPSA) is 83.9 Å². The fraction of sp³-hybridized carbons (Fsp3) is 0.351. The maximum Gasteiger partial charge on any atom is 0.169 e. The van der Waals surface area contributed by atoms with E-state index < -0.39 is 0 Å². The van der Waals surface area contributed by atoms with Crippen LogP contribution in [0.3, 0.4) is 0 Å². The molecule has 0 saturated heterocycles. The number of phenols is 2. The van der Waals surface area contributed by atoms with Crippen molar-refractivity contribution in [3.63, 3.8) is 0 Å². The van der Waals surface area contributed by atoms with E-state index in [0.29, 0.717) is 29.4 Å². The molecule has 0 radical (unpaired) electrons. The van der Waals surface area contributed by atoms with Gasteiger partial charge in [-0.05, 0) is 122 Å². The van der Waals surface area contributed by atoms with Gasteiger partial charge in [-0.1, -0.05) is 18.2 Å². The van der Waals surface area contributed by atoms with Crippen LogP contribution in [-0.4, -0.2) is 68.5 Å². The second-order valence-electron chi connectivity index (χ2n) is 12.1. The maximum absolute atomic E-state index is 10.9. The van der Waals surface area contributed by atoms with Gasteiger partial charge in [-0.25, -0.2) is 0 Å². The molecule has 6 rings (SSSR count). The van der Waals surface area contributed by atoms with E-state index in [1.54, 1.807) is 27.4 Å². The van der Waals surface area contributed by atoms with Gasteiger partial charge in [0.25, 0.3) is 0 Å². The molecular formula is C37H42N2O6. The zero-order valence-corrected chi connectivity index (χ0v) is 26.7. The highest BCUT2D eigenvalue weighted by molar-refractivity contribution is 5.54. The Kier molecular flexibility index (Phi) is 8.79. The van der Waals surface area contributed by atoms with Crippen molar-refractivity contribution in [2.75, 3.05) is 48.5 Å². The number of phenolic OH excluding ortho intramolecular Hbond substituents is 2. The summed E-state index contributed by atoms with van der Waals surface area (Å²) < 4.78 is 23.0. The van der Waals surface area contributed by atoms with E-state index >= 15 is 0 Å². The van der Waals surface area contributed by atoms with Gasteiger partial charge in [0.05, 0.1) is 21.3 Å². The normalized spacial score (nSPS) is 18.2. The third kappa shape index (κ3) is 6.26. The number of aromatic hydroxyl groups is 2. The molecule has 0 spiro atoms. The molecule has 2 heterocycles. The SMILES string of the molecule is COc1ccc(C[C@H]2c3cc(Oc4cc(CC5c6cc(O)c(OC)cc6CCN5C)ccc4O)c(OC)cc3CCN2C)cc1. The van der Waals surface area contributed by atoms with E-state index in [1.165, 1.54) is 22.3 Å². The zero-order chi connectivity index (χ0) is 31.7. The summed E-state index contributed by atoms with van der Waals surface area (Å²) in [6.45, 7) is 1.84. The lowest BCUT2D eigenvalue weighted by molar-refractivity contribution is 0.227. The number of ether oxygens (including phenoxy) is 4. The molecule has 8 heteroatoms. The van der Waals surface area contributed by atoms with Crippen LogP contribution in [0, 0.1) is 0 Å². The second-order valence-corrected chi connectivity index (χ2v) is 12.1. The molecule has 1 unspecified atom stereocenters. The Bertz CT molecular complexity index is 1670. The van der Waals surface area contributed by atoms with Gasteiger partial charge in [0.15, 0.2) is 34.5 Å². The highest BCUT2D eigenvalue weighted by Crippen LogP contribution is 2.44. The summed E-state index contributed by atoms with van der Waals surface area (Å²) in [7, 11) is 9.16. The Hall–Kier alpha value is -4.40. The molecule has 0 aliphatic carbocycles. The average molecular weight is 611 g/mol. The van der Waals surface area contributed by atoms with Crippen LogP contribution >= 0.6 is 0 Å². The number of hydrogen-bond acceptors (Lipinski definition) is 8. The third-order valence-corrected chi connectivity index (χ3v) is 9.38. The highest BCUT2D eigenvalue weighted by Gasteiger charge is 2.29. The summed E-state index contributed by atoms with van der Waals surface area (Å²) in [5, 5.41) is 21.4. The van der Waals surface area contributed by atoms with Crippen LogP contribution in [0.1, 0.15) is 45.5 Å². The standard InChI is InChI=1S/C37H42N2O6/c1-38-15-13-26-20-36(44-5)37(22-29(26)30(38)16-23-6-9-27(42-3)10-7-23)45-35-18-24(8-11-32(35)40)17-31-28-21-33(41)34(43-4)19-25(28)12-14-39(31)2/h6-11,18-22,30-31,40-41H,12-17H2,1-5H3/t30-,31?/m0/s1. The number of fused-ring (bicyclic) bond motifs is 2. The molecule has 0 amide bonds. The molecule has 4 aromatic carbocycles. The number of likely N-dealkylation sites (N-methyl/N-ethyl adjacent to an activating group) is 2. The molecule has 0 bridgehead atoms. The fourth-order valence-corrected chi connectivity index (χ4v) is 6.71. The lowest BCUT2D eigenvalue weighted by Crippen LogP contribution is -2.33. The molecule has 45 heavy (non-hydrogen) atoms. The lowest BCUT2D eigenvalue weighted by Gasteiger charge is -2.35. The van der Waals surface area contributed by atoms with Gasteiger partial charge in [0.2, 0.25) is 0 Å². The molecule has 2 N–H and O–H groups in total. The Morgan fingerprint density at radius 3 is 1.80 bits per heavy atom. The first kappa shape index (κ1) is 30.6. The first-order valence-electron chi connectivity index (χ1n) is 15.4. The first-order valence-corrected chi connectivity index (χ1v) is 15.4. The van der Waals surface area contributed by atoms with Gasteiger partial charge < -0.3 is 29.2 Å². The number of nitrogens with zero attached hydrogens (tertiary/aromatic N) is 2. The summed E-state index contributed by atoms with van der Waals surface area (Å²) in [4.78, 5) is 4.68. The van der Waals surface area contributed by atoms with Crippen molar-refractivity contribution in [2.45, 2.75) is 37.8 Å². The van der Waals surface area contributed by atoms with Gasteiger partial charge >= 0.3 is 0 Å². The molecule has 0 aromatic heterocycles. The van der Waals surface area contributed by atoms with Crippen molar-refractivity contribution in [3.8, 4) is 40.2 Å². The van der Waals surface area contributed by atoms with E-state index in [4.69, 9.17) is 18.9 Å². The van der Waals surface area contributed by atoms with E-state index in [0.717, 1.165) is 49.2 Å². The monoisotopic (exact) mass is 610 g/mol. The van der Waals surface area contributed by atoms with E-state index in [2.05, 4.69) is 48.2 Å². The fourth-order valence-electron chi connectivity index (χ4n) is 6.71. The maximum atomic E-state index is 10.9. The predicted octanol–water partition coefficient (Wildman–Crippen LogP) is 6.46. The average Bonchev–Trinajstić information content (AvgIpc) is 3.05. The van der Waals surface area contributed by atoms with Crippen LogP contribution < -0.4 is 18.9 Å². The van der Waals surface area contributed by atoms with Crippen molar-refractivity contribution >= 4 is 0 Å². The van der Waals surface area contributed by atoms with Crippen LogP contribution in [-0.2, 0) is 25.7 Å².